The van der Waals surface area contributed by atoms with Gasteiger partial charge < -0.3 is 4.74 Å². The first kappa shape index (κ1) is 11.9. The van der Waals surface area contributed by atoms with Crippen LogP contribution in [0.1, 0.15) is 5.56 Å². The van der Waals surface area contributed by atoms with Crippen LogP contribution in [0, 0.1) is 6.92 Å². The Morgan fingerprint density at radius 2 is 2.21 bits per heavy atom. The molecule has 98 valence electrons. The summed E-state index contributed by atoms with van der Waals surface area (Å²) in [5.74, 6) is 0. The standard InChI is InChI=1S/C14H16N4O/c1-11-7-13(18-4-3-15-14(18)8-11)12-9-16-17(10-12)5-6-19-2/h3-4,7-10H,5-6H2,1-2H3. The SMILES string of the molecule is COCCn1cc(-c2cc(C)cc3nccn23)cn1. The highest BCUT2D eigenvalue weighted by Gasteiger charge is 2.07. The molecule has 0 atom stereocenters. The first-order valence-electron chi connectivity index (χ1n) is 6.23. The molecule has 0 spiro atoms. The fourth-order valence-corrected chi connectivity index (χ4v) is 2.18. The largest absolute Gasteiger partial charge is 0.383 e. The van der Waals surface area contributed by atoms with Gasteiger partial charge in [-0.05, 0) is 24.6 Å². The quantitative estimate of drug-likeness (QED) is 0.718. The number of hydrogen-bond donors (Lipinski definition) is 0. The van der Waals surface area contributed by atoms with E-state index in [1.807, 2.05) is 29.5 Å². The van der Waals surface area contributed by atoms with Crippen molar-refractivity contribution in [1.82, 2.24) is 19.2 Å². The van der Waals surface area contributed by atoms with E-state index in [4.69, 9.17) is 4.74 Å². The fraction of sp³-hybridized carbons (Fsp3) is 0.286. The van der Waals surface area contributed by atoms with Gasteiger partial charge in [0.05, 0.1) is 25.0 Å². The second kappa shape index (κ2) is 4.85. The Morgan fingerprint density at radius 3 is 3.05 bits per heavy atom. The number of aromatic nitrogens is 4. The third kappa shape index (κ3) is 2.24. The highest BCUT2D eigenvalue weighted by Crippen LogP contribution is 2.21. The molecule has 0 amide bonds. The fourth-order valence-electron chi connectivity index (χ4n) is 2.18. The molecule has 0 radical (unpaired) electrons. The van der Waals surface area contributed by atoms with Gasteiger partial charge in [-0.2, -0.15) is 5.10 Å². The molecule has 5 heteroatoms. The minimum absolute atomic E-state index is 0.662. The lowest BCUT2D eigenvalue weighted by atomic mass is 10.2. The summed E-state index contributed by atoms with van der Waals surface area (Å²) in [6.07, 6.45) is 7.70. The van der Waals surface area contributed by atoms with Crippen molar-refractivity contribution in [3.05, 3.63) is 42.5 Å². The minimum atomic E-state index is 0.662. The maximum Gasteiger partial charge on any atom is 0.137 e. The number of pyridine rings is 1. The summed E-state index contributed by atoms with van der Waals surface area (Å²) in [7, 11) is 1.69. The van der Waals surface area contributed by atoms with Crippen LogP contribution in [0.2, 0.25) is 0 Å². The number of imidazole rings is 1. The third-order valence-corrected chi connectivity index (χ3v) is 3.10. The molecule has 19 heavy (non-hydrogen) atoms. The zero-order valence-electron chi connectivity index (χ0n) is 11.1. The first-order chi connectivity index (χ1) is 9.28. The maximum atomic E-state index is 5.06. The van der Waals surface area contributed by atoms with Crippen LogP contribution in [0.5, 0.6) is 0 Å². The number of methoxy groups -OCH3 is 1. The van der Waals surface area contributed by atoms with Crippen LogP contribution in [-0.4, -0.2) is 32.9 Å². The molecule has 0 fully saturated rings. The lowest BCUT2D eigenvalue weighted by Gasteiger charge is -2.05. The molecule has 0 N–H and O–H groups in total. The zero-order chi connectivity index (χ0) is 13.2. The van der Waals surface area contributed by atoms with E-state index in [2.05, 4.69) is 33.5 Å². The van der Waals surface area contributed by atoms with Gasteiger partial charge in [0.2, 0.25) is 0 Å². The van der Waals surface area contributed by atoms with Crippen molar-refractivity contribution in [2.75, 3.05) is 13.7 Å². The summed E-state index contributed by atoms with van der Waals surface area (Å²) in [4.78, 5) is 4.34. The molecule has 0 aliphatic heterocycles. The second-order valence-electron chi connectivity index (χ2n) is 4.56. The Kier molecular flexibility index (Phi) is 3.05. The van der Waals surface area contributed by atoms with Gasteiger partial charge in [0, 0.05) is 31.3 Å². The summed E-state index contributed by atoms with van der Waals surface area (Å²) >= 11 is 0. The lowest BCUT2D eigenvalue weighted by molar-refractivity contribution is 0.183. The molecular formula is C14H16N4O. The van der Waals surface area contributed by atoms with Gasteiger partial charge in [0.15, 0.2) is 0 Å². The number of rotatable bonds is 4. The smallest absolute Gasteiger partial charge is 0.137 e. The number of ether oxygens (including phenoxy) is 1. The third-order valence-electron chi connectivity index (χ3n) is 3.10. The van der Waals surface area contributed by atoms with Gasteiger partial charge >= 0.3 is 0 Å². The van der Waals surface area contributed by atoms with Crippen molar-refractivity contribution in [3.8, 4) is 11.3 Å². The van der Waals surface area contributed by atoms with Gasteiger partial charge in [-0.3, -0.25) is 9.08 Å². The average Bonchev–Trinajstić information content (AvgIpc) is 3.03. The lowest BCUT2D eigenvalue weighted by Crippen LogP contribution is -2.03. The minimum Gasteiger partial charge on any atom is -0.383 e. The monoisotopic (exact) mass is 256 g/mol. The van der Waals surface area contributed by atoms with Crippen LogP contribution in [0.4, 0.5) is 0 Å². The Labute approximate surface area is 111 Å². The predicted octanol–water partition coefficient (Wildman–Crippen LogP) is 2.15. The average molecular weight is 256 g/mol. The Bertz CT molecular complexity index is 698. The second-order valence-corrected chi connectivity index (χ2v) is 4.56. The van der Waals surface area contributed by atoms with Crippen molar-refractivity contribution < 1.29 is 4.74 Å². The van der Waals surface area contributed by atoms with Gasteiger partial charge in [0.1, 0.15) is 5.65 Å². The molecule has 0 unspecified atom stereocenters. The van der Waals surface area contributed by atoms with Crippen LogP contribution < -0.4 is 0 Å². The summed E-state index contributed by atoms with van der Waals surface area (Å²) in [6, 6.07) is 4.21. The van der Waals surface area contributed by atoms with Gasteiger partial charge in [-0.25, -0.2) is 4.98 Å². The van der Waals surface area contributed by atoms with Gasteiger partial charge in [0.25, 0.3) is 0 Å². The molecule has 3 heterocycles. The maximum absolute atomic E-state index is 5.06. The van der Waals surface area contributed by atoms with E-state index in [0.29, 0.717) is 6.61 Å². The van der Waals surface area contributed by atoms with Crippen molar-refractivity contribution in [1.29, 1.82) is 0 Å². The van der Waals surface area contributed by atoms with E-state index in [1.165, 1.54) is 5.56 Å². The van der Waals surface area contributed by atoms with E-state index >= 15 is 0 Å². The Hall–Kier alpha value is -2.14. The van der Waals surface area contributed by atoms with Crippen LogP contribution >= 0.6 is 0 Å². The molecular weight excluding hydrogens is 240 g/mol. The van der Waals surface area contributed by atoms with E-state index in [0.717, 1.165) is 23.4 Å². The van der Waals surface area contributed by atoms with Crippen LogP contribution in [0.3, 0.4) is 0 Å². The zero-order valence-corrected chi connectivity index (χ0v) is 11.1. The van der Waals surface area contributed by atoms with Crippen LogP contribution in [0.25, 0.3) is 16.9 Å². The topological polar surface area (TPSA) is 44.4 Å². The number of nitrogens with zero attached hydrogens (tertiary/aromatic N) is 4. The molecule has 0 bridgehead atoms. The normalized spacial score (nSPS) is 11.3. The van der Waals surface area contributed by atoms with Gasteiger partial charge in [-0.1, -0.05) is 0 Å². The number of hydrogen-bond acceptors (Lipinski definition) is 3. The molecule has 5 nitrogen and oxygen atoms in total. The van der Waals surface area contributed by atoms with E-state index in [-0.39, 0.29) is 0 Å². The highest BCUT2D eigenvalue weighted by molar-refractivity contribution is 5.63. The molecule has 0 aliphatic rings. The Balaban J connectivity index is 2.03. The summed E-state index contributed by atoms with van der Waals surface area (Å²) < 4.78 is 9.03. The van der Waals surface area contributed by atoms with Crippen molar-refractivity contribution in [2.45, 2.75) is 13.5 Å². The van der Waals surface area contributed by atoms with Crippen LogP contribution in [-0.2, 0) is 11.3 Å². The van der Waals surface area contributed by atoms with Crippen molar-refractivity contribution in [2.24, 2.45) is 0 Å². The van der Waals surface area contributed by atoms with E-state index < -0.39 is 0 Å². The molecule has 0 saturated carbocycles. The Morgan fingerprint density at radius 1 is 1.32 bits per heavy atom. The molecule has 0 aromatic carbocycles. The summed E-state index contributed by atoms with van der Waals surface area (Å²) in [5, 5.41) is 4.35. The van der Waals surface area contributed by atoms with Crippen molar-refractivity contribution in [3.63, 3.8) is 0 Å². The van der Waals surface area contributed by atoms with E-state index in [9.17, 15) is 0 Å². The van der Waals surface area contributed by atoms with Crippen LogP contribution in [0.15, 0.2) is 36.9 Å². The molecule has 3 aromatic rings. The van der Waals surface area contributed by atoms with Gasteiger partial charge in [-0.15, -0.1) is 0 Å². The van der Waals surface area contributed by atoms with E-state index in [1.54, 1.807) is 7.11 Å². The van der Waals surface area contributed by atoms with Crippen molar-refractivity contribution >= 4 is 5.65 Å². The number of fused-ring (bicyclic) bond motifs is 1. The molecule has 3 aromatic heterocycles. The summed E-state index contributed by atoms with van der Waals surface area (Å²) in [6.45, 7) is 3.50. The molecule has 3 rings (SSSR count). The highest BCUT2D eigenvalue weighted by atomic mass is 16.5. The number of aryl methyl sites for hydroxylation is 1. The molecule has 0 saturated heterocycles. The first-order valence-corrected chi connectivity index (χ1v) is 6.23. The predicted molar refractivity (Wildman–Crippen MR) is 73.0 cm³/mol. The molecule has 0 aliphatic carbocycles. The summed E-state index contributed by atoms with van der Waals surface area (Å²) in [5.41, 5.74) is 4.34.